The standard InChI is InChI=1S/C19H20FN3O2S/c1-3-14-8-10-15(11-9-14)26(24,25)22-18(19-21-12-13-23(19)2)16-6-4-5-7-17(16)20/h4-13,18,22H,3H2,1-2H3/t18-/m0/s1. The molecule has 1 aromatic heterocycles. The molecule has 0 saturated carbocycles. The molecule has 1 heterocycles. The van der Waals surface area contributed by atoms with Gasteiger partial charge in [0.15, 0.2) is 0 Å². The van der Waals surface area contributed by atoms with Crippen LogP contribution in [-0.4, -0.2) is 18.0 Å². The van der Waals surface area contributed by atoms with Crippen LogP contribution in [0.3, 0.4) is 0 Å². The number of aromatic nitrogens is 2. The maximum absolute atomic E-state index is 14.4. The zero-order valence-corrected chi connectivity index (χ0v) is 15.4. The van der Waals surface area contributed by atoms with Crippen LogP contribution in [0.15, 0.2) is 65.8 Å². The van der Waals surface area contributed by atoms with Crippen molar-refractivity contribution in [2.45, 2.75) is 24.3 Å². The van der Waals surface area contributed by atoms with E-state index in [9.17, 15) is 12.8 Å². The maximum Gasteiger partial charge on any atom is 0.241 e. The van der Waals surface area contributed by atoms with Gasteiger partial charge in [-0.3, -0.25) is 0 Å². The molecule has 1 atom stereocenters. The number of aryl methyl sites for hydroxylation is 2. The number of halogens is 1. The molecule has 0 aliphatic carbocycles. The van der Waals surface area contributed by atoms with E-state index in [1.807, 2.05) is 6.92 Å². The Morgan fingerprint density at radius 1 is 1.15 bits per heavy atom. The summed E-state index contributed by atoms with van der Waals surface area (Å²) >= 11 is 0. The van der Waals surface area contributed by atoms with E-state index >= 15 is 0 Å². The molecule has 0 spiro atoms. The van der Waals surface area contributed by atoms with Crippen molar-refractivity contribution in [3.8, 4) is 0 Å². The lowest BCUT2D eigenvalue weighted by atomic mass is 10.1. The molecule has 136 valence electrons. The second-order valence-electron chi connectivity index (χ2n) is 5.97. The summed E-state index contributed by atoms with van der Waals surface area (Å²) in [5, 5.41) is 0. The molecular weight excluding hydrogens is 353 g/mol. The molecule has 5 nitrogen and oxygen atoms in total. The highest BCUT2D eigenvalue weighted by Gasteiger charge is 2.27. The van der Waals surface area contributed by atoms with Gasteiger partial charge in [-0.05, 0) is 30.2 Å². The van der Waals surface area contributed by atoms with Crippen LogP contribution in [0.25, 0.3) is 0 Å². The van der Waals surface area contributed by atoms with Crippen molar-refractivity contribution in [2.24, 2.45) is 7.05 Å². The second kappa shape index (κ2) is 7.39. The minimum atomic E-state index is -3.86. The topological polar surface area (TPSA) is 64.0 Å². The highest BCUT2D eigenvalue weighted by Crippen LogP contribution is 2.25. The first kappa shape index (κ1) is 18.3. The van der Waals surface area contributed by atoms with E-state index in [0.717, 1.165) is 12.0 Å². The minimum Gasteiger partial charge on any atom is -0.336 e. The zero-order chi connectivity index (χ0) is 18.7. The number of nitrogens with one attached hydrogen (secondary N) is 1. The van der Waals surface area contributed by atoms with Crippen molar-refractivity contribution in [1.29, 1.82) is 0 Å². The Kier molecular flexibility index (Phi) is 5.20. The Bertz CT molecular complexity index is 998. The summed E-state index contributed by atoms with van der Waals surface area (Å²) in [7, 11) is -2.13. The van der Waals surface area contributed by atoms with Gasteiger partial charge in [0.1, 0.15) is 17.7 Å². The molecule has 0 amide bonds. The van der Waals surface area contributed by atoms with Crippen molar-refractivity contribution >= 4 is 10.0 Å². The number of hydrogen-bond donors (Lipinski definition) is 1. The molecule has 3 rings (SSSR count). The van der Waals surface area contributed by atoms with Gasteiger partial charge in [-0.2, -0.15) is 4.72 Å². The lowest BCUT2D eigenvalue weighted by Crippen LogP contribution is -2.31. The monoisotopic (exact) mass is 373 g/mol. The summed E-state index contributed by atoms with van der Waals surface area (Å²) < 4.78 is 44.4. The number of rotatable bonds is 6. The molecule has 3 aromatic rings. The molecule has 0 unspecified atom stereocenters. The molecule has 0 aliphatic heterocycles. The first-order valence-corrected chi connectivity index (χ1v) is 9.73. The quantitative estimate of drug-likeness (QED) is 0.722. The predicted octanol–water partition coefficient (Wildman–Crippen LogP) is 3.19. The van der Waals surface area contributed by atoms with Gasteiger partial charge >= 0.3 is 0 Å². The smallest absolute Gasteiger partial charge is 0.241 e. The molecule has 26 heavy (non-hydrogen) atoms. The highest BCUT2D eigenvalue weighted by molar-refractivity contribution is 7.89. The molecule has 7 heteroatoms. The van der Waals surface area contributed by atoms with Crippen LogP contribution in [0.5, 0.6) is 0 Å². The van der Waals surface area contributed by atoms with Gasteiger partial charge in [-0.1, -0.05) is 37.3 Å². The molecule has 1 N–H and O–H groups in total. The Morgan fingerprint density at radius 3 is 2.42 bits per heavy atom. The van der Waals surface area contributed by atoms with Gasteiger partial charge in [0.2, 0.25) is 10.0 Å². The third-order valence-electron chi connectivity index (χ3n) is 4.25. The van der Waals surface area contributed by atoms with Crippen molar-refractivity contribution in [3.63, 3.8) is 0 Å². The van der Waals surface area contributed by atoms with Crippen LogP contribution in [0, 0.1) is 5.82 Å². The SMILES string of the molecule is CCc1ccc(S(=O)(=O)N[C@@H](c2ccccc2F)c2nccn2C)cc1. The van der Waals surface area contributed by atoms with Gasteiger partial charge in [-0.15, -0.1) is 0 Å². The van der Waals surface area contributed by atoms with Crippen LogP contribution < -0.4 is 4.72 Å². The molecule has 0 aliphatic rings. The maximum atomic E-state index is 14.4. The van der Waals surface area contributed by atoms with Crippen LogP contribution >= 0.6 is 0 Å². The van der Waals surface area contributed by atoms with Gasteiger partial charge < -0.3 is 4.57 Å². The molecule has 0 saturated heterocycles. The van der Waals surface area contributed by atoms with E-state index < -0.39 is 21.9 Å². The van der Waals surface area contributed by atoms with Crippen molar-refractivity contribution in [1.82, 2.24) is 14.3 Å². The van der Waals surface area contributed by atoms with Crippen LogP contribution in [0.1, 0.15) is 29.9 Å². The van der Waals surface area contributed by atoms with Gasteiger partial charge in [0.05, 0.1) is 4.90 Å². The molecule has 2 aromatic carbocycles. The van der Waals surface area contributed by atoms with E-state index in [0.29, 0.717) is 5.82 Å². The number of nitrogens with zero attached hydrogens (tertiary/aromatic N) is 2. The largest absolute Gasteiger partial charge is 0.336 e. The first-order chi connectivity index (χ1) is 12.4. The molecule has 0 bridgehead atoms. The molecular formula is C19H20FN3O2S. The number of benzene rings is 2. The fraction of sp³-hybridized carbons (Fsp3) is 0.211. The highest BCUT2D eigenvalue weighted by atomic mass is 32.2. The average Bonchev–Trinajstić information content (AvgIpc) is 3.06. The third-order valence-corrected chi connectivity index (χ3v) is 5.69. The van der Waals surface area contributed by atoms with Gasteiger partial charge in [0.25, 0.3) is 0 Å². The third kappa shape index (κ3) is 3.68. The van der Waals surface area contributed by atoms with Crippen LogP contribution in [-0.2, 0) is 23.5 Å². The summed E-state index contributed by atoms with van der Waals surface area (Å²) in [5.41, 5.74) is 1.26. The Hall–Kier alpha value is -2.51. The van der Waals surface area contributed by atoms with Crippen LogP contribution in [0.4, 0.5) is 4.39 Å². The van der Waals surface area contributed by atoms with Gasteiger partial charge in [-0.25, -0.2) is 17.8 Å². The molecule has 0 fully saturated rings. The number of imidazole rings is 1. The second-order valence-corrected chi connectivity index (χ2v) is 7.68. The molecule has 0 radical (unpaired) electrons. The lowest BCUT2D eigenvalue weighted by Gasteiger charge is -2.20. The summed E-state index contributed by atoms with van der Waals surface area (Å²) in [6, 6.07) is 11.8. The fourth-order valence-corrected chi connectivity index (χ4v) is 3.92. The Labute approximate surface area is 152 Å². The van der Waals surface area contributed by atoms with E-state index in [2.05, 4.69) is 9.71 Å². The first-order valence-electron chi connectivity index (χ1n) is 8.25. The van der Waals surface area contributed by atoms with Crippen LogP contribution in [0.2, 0.25) is 0 Å². The van der Waals surface area contributed by atoms with Crippen molar-refractivity contribution < 1.29 is 12.8 Å². The van der Waals surface area contributed by atoms with Crippen molar-refractivity contribution in [3.05, 3.63) is 83.7 Å². The summed E-state index contributed by atoms with van der Waals surface area (Å²) in [5.74, 6) is -0.0895. The zero-order valence-electron chi connectivity index (χ0n) is 14.6. The lowest BCUT2D eigenvalue weighted by molar-refractivity contribution is 0.545. The van der Waals surface area contributed by atoms with Crippen molar-refractivity contribution in [2.75, 3.05) is 0 Å². The average molecular weight is 373 g/mol. The Balaban J connectivity index is 2.03. The summed E-state index contributed by atoms with van der Waals surface area (Å²) in [6.45, 7) is 2.00. The van der Waals surface area contributed by atoms with E-state index in [1.165, 1.54) is 6.07 Å². The fourth-order valence-electron chi connectivity index (χ4n) is 2.75. The summed E-state index contributed by atoms with van der Waals surface area (Å²) in [6.07, 6.45) is 4.06. The van der Waals surface area contributed by atoms with E-state index in [1.54, 1.807) is 66.5 Å². The van der Waals surface area contributed by atoms with E-state index in [-0.39, 0.29) is 10.5 Å². The minimum absolute atomic E-state index is 0.130. The predicted molar refractivity (Wildman–Crippen MR) is 97.6 cm³/mol. The Morgan fingerprint density at radius 2 is 1.85 bits per heavy atom. The number of sulfonamides is 1. The number of hydrogen-bond acceptors (Lipinski definition) is 3. The van der Waals surface area contributed by atoms with Gasteiger partial charge in [0, 0.05) is 25.0 Å². The van der Waals surface area contributed by atoms with E-state index in [4.69, 9.17) is 0 Å². The summed E-state index contributed by atoms with van der Waals surface area (Å²) in [4.78, 5) is 4.34. The normalized spacial score (nSPS) is 12.9.